The molecule has 0 heterocycles. The smallest absolute Gasteiger partial charge is 0.169 e. The Morgan fingerprint density at radius 3 is 2.64 bits per heavy atom. The number of benzene rings is 2. The van der Waals surface area contributed by atoms with Gasteiger partial charge < -0.3 is 9.47 Å². The van der Waals surface area contributed by atoms with E-state index in [2.05, 4.69) is 17.5 Å². The number of hydrazone groups is 1. The fourth-order valence-corrected chi connectivity index (χ4v) is 1.98. The number of ether oxygens (including phenoxy) is 2. The molecule has 4 nitrogen and oxygen atoms in total. The van der Waals surface area contributed by atoms with Crippen molar-refractivity contribution in [2.75, 3.05) is 19.1 Å². The molecule has 2 aromatic carbocycles. The van der Waals surface area contributed by atoms with Gasteiger partial charge >= 0.3 is 0 Å². The van der Waals surface area contributed by atoms with Gasteiger partial charge in [-0.2, -0.15) is 5.10 Å². The van der Waals surface area contributed by atoms with Gasteiger partial charge in [-0.25, -0.2) is 0 Å². The summed E-state index contributed by atoms with van der Waals surface area (Å²) in [5, 5.41) is 4.92. The maximum Gasteiger partial charge on any atom is 0.169 e. The molecule has 0 spiro atoms. The second-order valence-corrected chi connectivity index (χ2v) is 5.04. The minimum atomic E-state index is 0.631. The highest BCUT2D eigenvalue weighted by atomic mass is 35.5. The number of hydrogen-bond acceptors (Lipinski definition) is 4. The molecule has 0 aliphatic carbocycles. The number of rotatable bonds is 7. The van der Waals surface area contributed by atoms with Crippen molar-refractivity contribution in [2.24, 2.45) is 5.10 Å². The van der Waals surface area contributed by atoms with Gasteiger partial charge in [0.05, 0.1) is 25.6 Å². The molecule has 0 saturated carbocycles. The molecule has 0 amide bonds. The monoisotopic (exact) mass is 318 g/mol. The van der Waals surface area contributed by atoms with Gasteiger partial charge in [-0.1, -0.05) is 24.6 Å². The van der Waals surface area contributed by atoms with Gasteiger partial charge in [-0.3, -0.25) is 5.43 Å². The van der Waals surface area contributed by atoms with Crippen molar-refractivity contribution in [1.29, 1.82) is 0 Å². The Balaban J connectivity index is 2.13. The molecule has 0 bridgehead atoms. The molecule has 2 rings (SSSR count). The quantitative estimate of drug-likeness (QED) is 0.600. The topological polar surface area (TPSA) is 42.8 Å². The fourth-order valence-electron chi connectivity index (χ4n) is 1.85. The zero-order chi connectivity index (χ0) is 15.8. The van der Waals surface area contributed by atoms with Crippen molar-refractivity contribution in [3.05, 3.63) is 53.1 Å². The molecule has 2 aromatic rings. The lowest BCUT2D eigenvalue weighted by atomic mass is 10.2. The van der Waals surface area contributed by atoms with Gasteiger partial charge in [0.2, 0.25) is 0 Å². The van der Waals surface area contributed by atoms with Crippen molar-refractivity contribution in [2.45, 2.75) is 13.3 Å². The van der Waals surface area contributed by atoms with E-state index in [-0.39, 0.29) is 0 Å². The van der Waals surface area contributed by atoms with Crippen LogP contribution in [0, 0.1) is 0 Å². The minimum absolute atomic E-state index is 0.631. The summed E-state index contributed by atoms with van der Waals surface area (Å²) in [6, 6.07) is 13.0. The van der Waals surface area contributed by atoms with Crippen LogP contribution in [0.25, 0.3) is 0 Å². The SMILES string of the molecule is CCCOc1c(/C=N/Nc2ccc(Cl)cc2)cccc1OC. The Labute approximate surface area is 135 Å². The van der Waals surface area contributed by atoms with Crippen molar-refractivity contribution < 1.29 is 9.47 Å². The molecule has 116 valence electrons. The normalized spacial score (nSPS) is 10.7. The maximum atomic E-state index is 5.85. The molecule has 0 saturated heterocycles. The summed E-state index contributed by atoms with van der Waals surface area (Å²) >= 11 is 5.85. The van der Waals surface area contributed by atoms with Crippen molar-refractivity contribution in [1.82, 2.24) is 0 Å². The van der Waals surface area contributed by atoms with E-state index < -0.39 is 0 Å². The predicted molar refractivity (Wildman–Crippen MR) is 91.4 cm³/mol. The summed E-state index contributed by atoms with van der Waals surface area (Å²) in [4.78, 5) is 0. The number of methoxy groups -OCH3 is 1. The number of hydrogen-bond donors (Lipinski definition) is 1. The first-order chi connectivity index (χ1) is 10.7. The Morgan fingerprint density at radius 1 is 1.18 bits per heavy atom. The lowest BCUT2D eigenvalue weighted by Gasteiger charge is -2.12. The Bertz CT molecular complexity index is 627. The lowest BCUT2D eigenvalue weighted by Crippen LogP contribution is -2.01. The number of para-hydroxylation sites is 1. The third kappa shape index (κ3) is 4.40. The van der Waals surface area contributed by atoms with E-state index in [0.717, 1.165) is 17.7 Å². The standard InChI is InChI=1S/C17H19ClN2O2/c1-3-11-22-17-13(5-4-6-16(17)21-2)12-19-20-15-9-7-14(18)8-10-15/h4-10,12,20H,3,11H2,1-2H3/b19-12+. The van der Waals surface area contributed by atoms with Crippen LogP contribution in [0.4, 0.5) is 5.69 Å². The fraction of sp³-hybridized carbons (Fsp3) is 0.235. The second kappa shape index (κ2) is 8.29. The van der Waals surface area contributed by atoms with E-state index in [4.69, 9.17) is 21.1 Å². The largest absolute Gasteiger partial charge is 0.493 e. The Morgan fingerprint density at radius 2 is 1.95 bits per heavy atom. The molecule has 0 aromatic heterocycles. The zero-order valence-corrected chi connectivity index (χ0v) is 13.4. The van der Waals surface area contributed by atoms with Crippen LogP contribution < -0.4 is 14.9 Å². The van der Waals surface area contributed by atoms with E-state index >= 15 is 0 Å². The summed E-state index contributed by atoms with van der Waals surface area (Å²) in [5.41, 5.74) is 4.67. The average molecular weight is 319 g/mol. The molecule has 1 N–H and O–H groups in total. The summed E-state index contributed by atoms with van der Waals surface area (Å²) in [7, 11) is 1.63. The van der Waals surface area contributed by atoms with Gasteiger partial charge in [0.1, 0.15) is 0 Å². The van der Waals surface area contributed by atoms with Crippen molar-refractivity contribution >= 4 is 23.5 Å². The van der Waals surface area contributed by atoms with Crippen LogP contribution >= 0.6 is 11.6 Å². The zero-order valence-electron chi connectivity index (χ0n) is 12.7. The first-order valence-corrected chi connectivity index (χ1v) is 7.47. The predicted octanol–water partition coefficient (Wildman–Crippen LogP) is 4.58. The third-order valence-electron chi connectivity index (χ3n) is 2.92. The summed E-state index contributed by atoms with van der Waals surface area (Å²) in [6.07, 6.45) is 2.64. The van der Waals surface area contributed by atoms with E-state index in [9.17, 15) is 0 Å². The van der Waals surface area contributed by atoms with E-state index in [0.29, 0.717) is 23.1 Å². The first kappa shape index (κ1) is 16.2. The van der Waals surface area contributed by atoms with Crippen molar-refractivity contribution in [3.8, 4) is 11.5 Å². The van der Waals surface area contributed by atoms with Crippen LogP contribution in [0.15, 0.2) is 47.6 Å². The summed E-state index contributed by atoms with van der Waals surface area (Å²) < 4.78 is 11.1. The molecule has 0 fully saturated rings. The second-order valence-electron chi connectivity index (χ2n) is 4.60. The highest BCUT2D eigenvalue weighted by molar-refractivity contribution is 6.30. The number of nitrogens with zero attached hydrogens (tertiary/aromatic N) is 1. The lowest BCUT2D eigenvalue weighted by molar-refractivity contribution is 0.294. The van der Waals surface area contributed by atoms with Gasteiger partial charge in [-0.15, -0.1) is 0 Å². The van der Waals surface area contributed by atoms with E-state index in [1.165, 1.54) is 0 Å². The van der Waals surface area contributed by atoms with Crippen LogP contribution in [-0.2, 0) is 0 Å². The first-order valence-electron chi connectivity index (χ1n) is 7.09. The van der Waals surface area contributed by atoms with Crippen LogP contribution in [0.5, 0.6) is 11.5 Å². The third-order valence-corrected chi connectivity index (χ3v) is 3.17. The molecule has 0 aliphatic rings. The highest BCUT2D eigenvalue weighted by Crippen LogP contribution is 2.30. The molecule has 0 aliphatic heterocycles. The number of halogens is 1. The highest BCUT2D eigenvalue weighted by Gasteiger charge is 2.08. The van der Waals surface area contributed by atoms with Gasteiger partial charge in [0.15, 0.2) is 11.5 Å². The van der Waals surface area contributed by atoms with Crippen molar-refractivity contribution in [3.63, 3.8) is 0 Å². The van der Waals surface area contributed by atoms with Gasteiger partial charge in [0.25, 0.3) is 0 Å². The molecular weight excluding hydrogens is 300 g/mol. The molecule has 5 heteroatoms. The summed E-state index contributed by atoms with van der Waals surface area (Å²) in [5.74, 6) is 1.40. The van der Waals surface area contributed by atoms with Gasteiger partial charge in [-0.05, 0) is 42.8 Å². The van der Waals surface area contributed by atoms with Crippen LogP contribution in [-0.4, -0.2) is 19.9 Å². The number of nitrogens with one attached hydrogen (secondary N) is 1. The Hall–Kier alpha value is -2.20. The van der Waals surface area contributed by atoms with Crippen LogP contribution in [0.2, 0.25) is 5.02 Å². The molecule has 0 radical (unpaired) electrons. The van der Waals surface area contributed by atoms with Crippen LogP contribution in [0.1, 0.15) is 18.9 Å². The average Bonchev–Trinajstić information content (AvgIpc) is 2.55. The van der Waals surface area contributed by atoms with E-state index in [1.807, 2.05) is 30.3 Å². The summed E-state index contributed by atoms with van der Waals surface area (Å²) in [6.45, 7) is 2.69. The van der Waals surface area contributed by atoms with Gasteiger partial charge in [0, 0.05) is 10.6 Å². The Kier molecular flexibility index (Phi) is 6.10. The maximum absolute atomic E-state index is 5.85. The van der Waals surface area contributed by atoms with Crippen LogP contribution in [0.3, 0.4) is 0 Å². The molecular formula is C17H19ClN2O2. The molecule has 0 unspecified atom stereocenters. The number of anilines is 1. The molecule has 0 atom stereocenters. The molecule has 22 heavy (non-hydrogen) atoms. The minimum Gasteiger partial charge on any atom is -0.493 e. The van der Waals surface area contributed by atoms with E-state index in [1.54, 1.807) is 25.5 Å².